The monoisotopic (exact) mass is 366 g/mol. The van der Waals surface area contributed by atoms with Crippen molar-refractivity contribution in [3.63, 3.8) is 0 Å². The third-order valence-corrected chi connectivity index (χ3v) is 4.95. The molecule has 1 aliphatic rings. The molecule has 3 N–H and O–H groups in total. The van der Waals surface area contributed by atoms with Crippen molar-refractivity contribution in [2.24, 2.45) is 0 Å². The van der Waals surface area contributed by atoms with Gasteiger partial charge in [0, 0.05) is 22.6 Å². The molecule has 1 aliphatic carbocycles. The molecule has 27 heavy (non-hydrogen) atoms. The number of anilines is 1. The van der Waals surface area contributed by atoms with Crippen LogP contribution >= 0.6 is 0 Å². The van der Waals surface area contributed by atoms with Gasteiger partial charge in [0.2, 0.25) is 0 Å². The molecule has 4 rings (SSSR count). The highest BCUT2D eigenvalue weighted by molar-refractivity contribution is 6.08. The first kappa shape index (κ1) is 17.2. The Hall–Kier alpha value is -3.22. The van der Waals surface area contributed by atoms with Crippen LogP contribution in [-0.2, 0) is 0 Å². The van der Waals surface area contributed by atoms with Crippen LogP contribution in [0.25, 0.3) is 22.0 Å². The molecule has 7 heteroatoms. The fourth-order valence-electron chi connectivity index (χ4n) is 3.25. The van der Waals surface area contributed by atoms with Crippen molar-refractivity contribution >= 4 is 22.5 Å². The van der Waals surface area contributed by atoms with Crippen molar-refractivity contribution in [3.8, 4) is 16.9 Å². The van der Waals surface area contributed by atoms with Gasteiger partial charge in [-0.25, -0.2) is 4.39 Å². The minimum absolute atomic E-state index is 0.0620. The number of rotatable bonds is 4. The number of methoxy groups -OCH3 is 1. The maximum atomic E-state index is 14.7. The van der Waals surface area contributed by atoms with E-state index in [1.165, 1.54) is 19.2 Å². The van der Waals surface area contributed by atoms with Crippen LogP contribution in [0.15, 0.2) is 36.4 Å². The van der Waals surface area contributed by atoms with Gasteiger partial charge in [-0.1, -0.05) is 18.2 Å². The van der Waals surface area contributed by atoms with E-state index in [1.807, 2.05) is 0 Å². The summed E-state index contributed by atoms with van der Waals surface area (Å²) in [4.78, 5) is 12.4. The van der Waals surface area contributed by atoms with Crippen LogP contribution in [0.5, 0.6) is 5.75 Å². The second-order valence-electron chi connectivity index (χ2n) is 6.58. The third kappa shape index (κ3) is 2.95. The van der Waals surface area contributed by atoms with E-state index in [0.717, 1.165) is 19.3 Å². The number of nitrogens with two attached hydrogens (primary N) is 1. The summed E-state index contributed by atoms with van der Waals surface area (Å²) in [5.74, 6) is -0.307. The van der Waals surface area contributed by atoms with Crippen LogP contribution in [0, 0.1) is 5.82 Å². The molecule has 1 fully saturated rings. The molecule has 138 valence electrons. The smallest absolute Gasteiger partial charge is 0.274 e. The van der Waals surface area contributed by atoms with E-state index in [0.29, 0.717) is 16.7 Å². The Labute approximate surface area is 155 Å². The SMILES string of the molecule is COc1ccccc1-c1c(F)ccc2c(N)c(C(=O)NC3CCC3)nnc12. The molecule has 2 aromatic carbocycles. The fraction of sp³-hybridized carbons (Fsp3) is 0.250. The molecule has 3 aromatic rings. The zero-order chi connectivity index (χ0) is 19.0. The molecule has 0 unspecified atom stereocenters. The van der Waals surface area contributed by atoms with Crippen molar-refractivity contribution in [1.29, 1.82) is 0 Å². The predicted molar refractivity (Wildman–Crippen MR) is 101 cm³/mol. The summed E-state index contributed by atoms with van der Waals surface area (Å²) in [5.41, 5.74) is 7.54. The maximum Gasteiger partial charge on any atom is 0.274 e. The topological polar surface area (TPSA) is 90.1 Å². The lowest BCUT2D eigenvalue weighted by Crippen LogP contribution is -2.40. The number of hydrogen-bond donors (Lipinski definition) is 2. The molecule has 0 aliphatic heterocycles. The Kier molecular flexibility index (Phi) is 4.35. The molecule has 0 bridgehead atoms. The number of hydrogen-bond acceptors (Lipinski definition) is 5. The van der Waals surface area contributed by atoms with Crippen LogP contribution in [0.4, 0.5) is 10.1 Å². The minimum Gasteiger partial charge on any atom is -0.496 e. The number of halogens is 1. The zero-order valence-corrected chi connectivity index (χ0v) is 14.8. The normalized spacial score (nSPS) is 14.0. The first-order chi connectivity index (χ1) is 13.1. The van der Waals surface area contributed by atoms with Gasteiger partial charge in [0.1, 0.15) is 17.1 Å². The van der Waals surface area contributed by atoms with E-state index >= 15 is 0 Å². The Balaban J connectivity index is 1.85. The van der Waals surface area contributed by atoms with E-state index in [1.54, 1.807) is 24.3 Å². The second-order valence-corrected chi connectivity index (χ2v) is 6.58. The molecule has 0 spiro atoms. The number of nitrogens with one attached hydrogen (secondary N) is 1. The number of nitrogens with zero attached hydrogens (tertiary/aromatic N) is 2. The average molecular weight is 366 g/mol. The number of carbonyl (C=O) groups is 1. The van der Waals surface area contributed by atoms with Gasteiger partial charge in [0.05, 0.1) is 12.8 Å². The molecule has 6 nitrogen and oxygen atoms in total. The van der Waals surface area contributed by atoms with Crippen molar-refractivity contribution in [1.82, 2.24) is 15.5 Å². The Morgan fingerprint density at radius 3 is 2.70 bits per heavy atom. The molecule has 1 heterocycles. The molecule has 0 radical (unpaired) electrons. The van der Waals surface area contributed by atoms with Crippen LogP contribution in [0.1, 0.15) is 29.8 Å². The lowest BCUT2D eigenvalue weighted by molar-refractivity contribution is 0.0912. The van der Waals surface area contributed by atoms with E-state index in [9.17, 15) is 9.18 Å². The van der Waals surface area contributed by atoms with Gasteiger partial charge in [-0.2, -0.15) is 0 Å². The number of nitrogen functional groups attached to an aromatic ring is 1. The van der Waals surface area contributed by atoms with Gasteiger partial charge in [-0.3, -0.25) is 4.79 Å². The molecule has 0 atom stereocenters. The van der Waals surface area contributed by atoms with E-state index in [4.69, 9.17) is 10.5 Å². The largest absolute Gasteiger partial charge is 0.496 e. The molecule has 1 saturated carbocycles. The number of carbonyl (C=O) groups excluding carboxylic acids is 1. The third-order valence-electron chi connectivity index (χ3n) is 4.95. The Bertz CT molecular complexity index is 1030. The summed E-state index contributed by atoms with van der Waals surface area (Å²) in [6, 6.07) is 10.1. The first-order valence-corrected chi connectivity index (χ1v) is 8.78. The highest BCUT2D eigenvalue weighted by Crippen LogP contribution is 2.37. The molecule has 1 amide bonds. The second kappa shape index (κ2) is 6.83. The van der Waals surface area contributed by atoms with Gasteiger partial charge in [-0.05, 0) is 37.5 Å². The van der Waals surface area contributed by atoms with Crippen LogP contribution in [0.2, 0.25) is 0 Å². The van der Waals surface area contributed by atoms with Crippen molar-refractivity contribution in [2.75, 3.05) is 12.8 Å². The summed E-state index contributed by atoms with van der Waals surface area (Å²) < 4.78 is 20.0. The predicted octanol–water partition coefficient (Wildman–Crippen LogP) is 3.31. The minimum atomic E-state index is -0.465. The van der Waals surface area contributed by atoms with Crippen LogP contribution in [0.3, 0.4) is 0 Å². The van der Waals surface area contributed by atoms with Gasteiger partial charge in [-0.15, -0.1) is 10.2 Å². The summed E-state index contributed by atoms with van der Waals surface area (Å²) in [6.45, 7) is 0. The van der Waals surface area contributed by atoms with Crippen LogP contribution < -0.4 is 15.8 Å². The average Bonchev–Trinajstić information content (AvgIpc) is 2.64. The Morgan fingerprint density at radius 2 is 2.00 bits per heavy atom. The summed E-state index contributed by atoms with van der Waals surface area (Å²) in [5, 5.41) is 11.5. The van der Waals surface area contributed by atoms with Gasteiger partial charge >= 0.3 is 0 Å². The van der Waals surface area contributed by atoms with Gasteiger partial charge < -0.3 is 15.8 Å². The highest BCUT2D eigenvalue weighted by Gasteiger charge is 2.24. The quantitative estimate of drug-likeness (QED) is 0.739. The number of ether oxygens (including phenoxy) is 1. The summed E-state index contributed by atoms with van der Waals surface area (Å²) >= 11 is 0. The zero-order valence-electron chi connectivity index (χ0n) is 14.8. The summed E-state index contributed by atoms with van der Waals surface area (Å²) in [6.07, 6.45) is 3.01. The summed E-state index contributed by atoms with van der Waals surface area (Å²) in [7, 11) is 1.52. The lowest BCUT2D eigenvalue weighted by atomic mass is 9.93. The lowest BCUT2D eigenvalue weighted by Gasteiger charge is -2.26. The number of para-hydroxylation sites is 1. The number of benzene rings is 2. The van der Waals surface area contributed by atoms with E-state index < -0.39 is 5.82 Å². The highest BCUT2D eigenvalue weighted by atomic mass is 19.1. The van der Waals surface area contributed by atoms with Crippen molar-refractivity contribution in [3.05, 3.63) is 47.9 Å². The van der Waals surface area contributed by atoms with Crippen molar-refractivity contribution < 1.29 is 13.9 Å². The maximum absolute atomic E-state index is 14.7. The number of fused-ring (bicyclic) bond motifs is 1. The van der Waals surface area contributed by atoms with Gasteiger partial charge in [0.15, 0.2) is 5.69 Å². The number of amides is 1. The molecular weight excluding hydrogens is 347 g/mol. The molecule has 0 saturated heterocycles. The van der Waals surface area contributed by atoms with Gasteiger partial charge in [0.25, 0.3) is 5.91 Å². The first-order valence-electron chi connectivity index (χ1n) is 8.78. The van der Waals surface area contributed by atoms with Crippen molar-refractivity contribution in [2.45, 2.75) is 25.3 Å². The molecule has 1 aromatic heterocycles. The van der Waals surface area contributed by atoms with Crippen LogP contribution in [-0.4, -0.2) is 29.3 Å². The van der Waals surface area contributed by atoms with E-state index in [2.05, 4.69) is 15.5 Å². The molecular formula is C20H19FN4O2. The Morgan fingerprint density at radius 1 is 1.22 bits per heavy atom. The van der Waals surface area contributed by atoms with E-state index in [-0.39, 0.29) is 34.4 Å². The fourth-order valence-corrected chi connectivity index (χ4v) is 3.25. The standard InChI is InChI=1S/C20H19FN4O2/c1-27-15-8-3-2-7-12(15)16-14(21)10-9-13-17(22)19(25-24-18(13)16)20(26)23-11-5-4-6-11/h2-3,7-11H,4-6H2,1H3,(H2,22,24)(H,23,26). The number of aromatic nitrogens is 2.